The third-order valence-electron chi connectivity index (χ3n) is 2.62. The Kier molecular flexibility index (Phi) is 2.25. The summed E-state index contributed by atoms with van der Waals surface area (Å²) in [6.45, 7) is 2.64. The summed E-state index contributed by atoms with van der Waals surface area (Å²) in [5.74, 6) is 0.0812. The van der Waals surface area contributed by atoms with Crippen molar-refractivity contribution in [2.75, 3.05) is 12.4 Å². The first-order valence-electron chi connectivity index (χ1n) is 4.62. The maximum Gasteiger partial charge on any atom is 0.228 e. The second-order valence-electron chi connectivity index (χ2n) is 3.53. The number of fused-ring (bicyclic) bond motifs is 1. The Balaban J connectivity index is 2.42. The van der Waals surface area contributed by atoms with Crippen molar-refractivity contribution in [1.29, 1.82) is 0 Å². The van der Waals surface area contributed by atoms with E-state index >= 15 is 0 Å². The van der Waals surface area contributed by atoms with E-state index in [2.05, 4.69) is 5.32 Å². The number of benzene rings is 1. The van der Waals surface area contributed by atoms with Crippen molar-refractivity contribution in [2.45, 2.75) is 20.0 Å². The van der Waals surface area contributed by atoms with Crippen LogP contribution in [0.1, 0.15) is 16.7 Å². The molecule has 0 radical (unpaired) electrons. The second-order valence-corrected chi connectivity index (χ2v) is 3.53. The topological polar surface area (TPSA) is 38.3 Å². The summed E-state index contributed by atoms with van der Waals surface area (Å²) in [4.78, 5) is 11.2. The van der Waals surface area contributed by atoms with Crippen molar-refractivity contribution >= 4 is 11.6 Å². The molecule has 1 aromatic rings. The van der Waals surface area contributed by atoms with Crippen LogP contribution in [-0.2, 0) is 22.6 Å². The molecular weight excluding hydrogens is 178 g/mol. The van der Waals surface area contributed by atoms with E-state index in [-0.39, 0.29) is 5.91 Å². The van der Waals surface area contributed by atoms with Gasteiger partial charge in [-0.1, -0.05) is 6.07 Å². The van der Waals surface area contributed by atoms with Crippen LogP contribution in [0.4, 0.5) is 5.69 Å². The Hall–Kier alpha value is -1.35. The number of hydrogen-bond acceptors (Lipinski definition) is 2. The lowest BCUT2D eigenvalue weighted by atomic mass is 10.0. The van der Waals surface area contributed by atoms with Gasteiger partial charge in [0.05, 0.1) is 13.0 Å². The van der Waals surface area contributed by atoms with Crippen LogP contribution >= 0.6 is 0 Å². The Morgan fingerprint density at radius 2 is 2.29 bits per heavy atom. The average molecular weight is 191 g/mol. The van der Waals surface area contributed by atoms with Crippen LogP contribution in [-0.4, -0.2) is 13.0 Å². The Morgan fingerprint density at radius 1 is 1.50 bits per heavy atom. The third kappa shape index (κ3) is 1.40. The minimum absolute atomic E-state index is 0.0812. The molecule has 0 fully saturated rings. The van der Waals surface area contributed by atoms with Gasteiger partial charge in [-0.3, -0.25) is 4.79 Å². The summed E-state index contributed by atoms with van der Waals surface area (Å²) in [6, 6.07) is 3.95. The molecule has 0 atom stereocenters. The zero-order chi connectivity index (χ0) is 10.1. The van der Waals surface area contributed by atoms with E-state index in [9.17, 15) is 4.79 Å². The number of ether oxygens (including phenoxy) is 1. The fourth-order valence-electron chi connectivity index (χ4n) is 1.82. The molecule has 1 aliphatic heterocycles. The molecular formula is C11H13NO2. The van der Waals surface area contributed by atoms with E-state index in [1.54, 1.807) is 7.11 Å². The van der Waals surface area contributed by atoms with Crippen LogP contribution in [0.25, 0.3) is 0 Å². The maximum absolute atomic E-state index is 11.2. The summed E-state index contributed by atoms with van der Waals surface area (Å²) in [5.41, 5.74) is 4.39. The van der Waals surface area contributed by atoms with Crippen LogP contribution in [0.15, 0.2) is 12.1 Å². The summed E-state index contributed by atoms with van der Waals surface area (Å²) < 4.78 is 5.09. The van der Waals surface area contributed by atoms with Gasteiger partial charge in [0.15, 0.2) is 0 Å². The Bertz CT molecular complexity index is 385. The van der Waals surface area contributed by atoms with Crippen LogP contribution in [0, 0.1) is 6.92 Å². The van der Waals surface area contributed by atoms with Crippen molar-refractivity contribution in [2.24, 2.45) is 0 Å². The molecule has 3 heteroatoms. The summed E-state index contributed by atoms with van der Waals surface area (Å²) >= 11 is 0. The zero-order valence-corrected chi connectivity index (χ0v) is 8.39. The van der Waals surface area contributed by atoms with Gasteiger partial charge in [-0.05, 0) is 29.7 Å². The van der Waals surface area contributed by atoms with Gasteiger partial charge in [0.1, 0.15) is 0 Å². The molecule has 3 nitrogen and oxygen atoms in total. The number of anilines is 1. The summed E-state index contributed by atoms with van der Waals surface area (Å²) in [6.07, 6.45) is 0.499. The van der Waals surface area contributed by atoms with Crippen molar-refractivity contribution in [3.8, 4) is 0 Å². The van der Waals surface area contributed by atoms with E-state index in [0.717, 1.165) is 16.8 Å². The van der Waals surface area contributed by atoms with Crippen molar-refractivity contribution in [1.82, 2.24) is 0 Å². The van der Waals surface area contributed by atoms with E-state index in [1.807, 2.05) is 19.1 Å². The predicted molar refractivity (Wildman–Crippen MR) is 54.2 cm³/mol. The standard InChI is InChI=1S/C11H13NO2/c1-7-8(6-14-2)3-4-10-9(7)5-11(13)12-10/h3-4H,5-6H2,1-2H3,(H,12,13). The molecule has 2 rings (SSSR count). The molecule has 1 heterocycles. The van der Waals surface area contributed by atoms with Crippen LogP contribution < -0.4 is 5.32 Å². The van der Waals surface area contributed by atoms with Gasteiger partial charge < -0.3 is 10.1 Å². The predicted octanol–water partition coefficient (Wildman–Crippen LogP) is 1.64. The first-order chi connectivity index (χ1) is 6.72. The largest absolute Gasteiger partial charge is 0.380 e. The summed E-state index contributed by atoms with van der Waals surface area (Å²) in [7, 11) is 1.68. The first kappa shape index (κ1) is 9.21. The highest BCUT2D eigenvalue weighted by Gasteiger charge is 2.20. The third-order valence-corrected chi connectivity index (χ3v) is 2.62. The van der Waals surface area contributed by atoms with Crippen molar-refractivity contribution in [3.05, 3.63) is 28.8 Å². The lowest BCUT2D eigenvalue weighted by Crippen LogP contribution is -2.03. The maximum atomic E-state index is 11.2. The minimum Gasteiger partial charge on any atom is -0.380 e. The Morgan fingerprint density at radius 3 is 3.00 bits per heavy atom. The molecule has 1 aromatic carbocycles. The molecule has 0 unspecified atom stereocenters. The van der Waals surface area contributed by atoms with Crippen molar-refractivity contribution < 1.29 is 9.53 Å². The van der Waals surface area contributed by atoms with Gasteiger partial charge in [-0.15, -0.1) is 0 Å². The number of carbonyl (C=O) groups excluding carboxylic acids is 1. The molecule has 0 aliphatic carbocycles. The monoisotopic (exact) mass is 191 g/mol. The highest BCUT2D eigenvalue weighted by Crippen LogP contribution is 2.28. The minimum atomic E-state index is 0.0812. The SMILES string of the molecule is COCc1ccc2c(c1C)CC(=O)N2. The molecule has 1 aliphatic rings. The molecule has 0 aromatic heterocycles. The molecule has 1 N–H and O–H groups in total. The number of amides is 1. The van der Waals surface area contributed by atoms with Crippen molar-refractivity contribution in [3.63, 3.8) is 0 Å². The number of nitrogens with one attached hydrogen (secondary N) is 1. The normalized spacial score (nSPS) is 14.0. The fourth-order valence-corrected chi connectivity index (χ4v) is 1.82. The smallest absolute Gasteiger partial charge is 0.228 e. The van der Waals surface area contributed by atoms with Crippen LogP contribution in [0.2, 0.25) is 0 Å². The summed E-state index contributed by atoms with van der Waals surface area (Å²) in [5, 5.41) is 2.83. The van der Waals surface area contributed by atoms with Gasteiger partial charge >= 0.3 is 0 Å². The quantitative estimate of drug-likeness (QED) is 0.771. The first-order valence-corrected chi connectivity index (χ1v) is 4.62. The number of rotatable bonds is 2. The van der Waals surface area contributed by atoms with Crippen LogP contribution in [0.5, 0.6) is 0 Å². The number of hydrogen-bond donors (Lipinski definition) is 1. The molecule has 14 heavy (non-hydrogen) atoms. The molecule has 0 bridgehead atoms. The van der Waals surface area contributed by atoms with E-state index < -0.39 is 0 Å². The molecule has 0 saturated heterocycles. The second kappa shape index (κ2) is 3.42. The van der Waals surface area contributed by atoms with Gasteiger partial charge in [0.25, 0.3) is 0 Å². The van der Waals surface area contributed by atoms with Crippen LogP contribution in [0.3, 0.4) is 0 Å². The number of carbonyl (C=O) groups is 1. The van der Waals surface area contributed by atoms with Gasteiger partial charge in [-0.25, -0.2) is 0 Å². The molecule has 0 saturated carbocycles. The highest BCUT2D eigenvalue weighted by molar-refractivity contribution is 5.99. The van der Waals surface area contributed by atoms with E-state index in [4.69, 9.17) is 4.74 Å². The Labute approximate surface area is 83.1 Å². The van der Waals surface area contributed by atoms with Gasteiger partial charge in [-0.2, -0.15) is 0 Å². The highest BCUT2D eigenvalue weighted by atomic mass is 16.5. The molecule has 74 valence electrons. The lowest BCUT2D eigenvalue weighted by Gasteiger charge is -2.08. The van der Waals surface area contributed by atoms with Gasteiger partial charge in [0.2, 0.25) is 5.91 Å². The van der Waals surface area contributed by atoms with Gasteiger partial charge in [0, 0.05) is 12.8 Å². The van der Waals surface area contributed by atoms with E-state index in [0.29, 0.717) is 13.0 Å². The number of methoxy groups -OCH3 is 1. The average Bonchev–Trinajstić information content (AvgIpc) is 2.52. The van der Waals surface area contributed by atoms with E-state index in [1.165, 1.54) is 5.56 Å². The zero-order valence-electron chi connectivity index (χ0n) is 8.39. The lowest BCUT2D eigenvalue weighted by molar-refractivity contribution is -0.115. The molecule has 1 amide bonds. The fraction of sp³-hybridized carbons (Fsp3) is 0.364. The molecule has 0 spiro atoms.